The molecule has 2 aromatic heterocycles. The van der Waals surface area contributed by atoms with E-state index in [1.807, 2.05) is 0 Å². The van der Waals surface area contributed by atoms with Crippen LogP contribution in [0.5, 0.6) is 11.5 Å². The molecule has 0 aliphatic carbocycles. The van der Waals surface area contributed by atoms with Gasteiger partial charge in [0.2, 0.25) is 11.7 Å². The van der Waals surface area contributed by atoms with Gasteiger partial charge in [0.25, 0.3) is 10.0 Å². The fraction of sp³-hybridized carbons (Fsp3) is 0.250. The Kier molecular flexibility index (Phi) is 4.88. The third-order valence-corrected chi connectivity index (χ3v) is 6.23. The maximum Gasteiger partial charge on any atom is 0.263 e. The number of hydrogen-bond acceptors (Lipinski definition) is 8. The average molecular weight is 395 g/mol. The molecule has 10 heteroatoms. The Bertz CT molecular complexity index is 1040. The molecular weight excluding hydrogens is 378 g/mol. The van der Waals surface area contributed by atoms with Gasteiger partial charge in [-0.1, -0.05) is 5.16 Å². The highest BCUT2D eigenvalue weighted by Gasteiger charge is 2.23. The largest absolute Gasteiger partial charge is 0.497 e. The highest BCUT2D eigenvalue weighted by Crippen LogP contribution is 2.35. The fourth-order valence-electron chi connectivity index (χ4n) is 2.34. The summed E-state index contributed by atoms with van der Waals surface area (Å²) in [5.74, 6) is 1.66. The van der Waals surface area contributed by atoms with Gasteiger partial charge < -0.3 is 14.0 Å². The Morgan fingerprint density at radius 2 is 1.92 bits per heavy atom. The van der Waals surface area contributed by atoms with Crippen molar-refractivity contribution in [3.8, 4) is 22.2 Å². The molecule has 0 fully saturated rings. The van der Waals surface area contributed by atoms with Crippen molar-refractivity contribution in [1.29, 1.82) is 0 Å². The van der Waals surface area contributed by atoms with E-state index in [0.29, 0.717) is 33.0 Å². The van der Waals surface area contributed by atoms with Crippen LogP contribution in [0.1, 0.15) is 10.8 Å². The quantitative estimate of drug-likeness (QED) is 0.683. The predicted molar refractivity (Wildman–Crippen MR) is 97.4 cm³/mol. The molecule has 0 spiro atoms. The van der Waals surface area contributed by atoms with Crippen molar-refractivity contribution < 1.29 is 22.4 Å². The number of nitrogens with zero attached hydrogens (tertiary/aromatic N) is 2. The molecular formula is C16H17N3O5S2. The third-order valence-electron chi connectivity index (χ3n) is 3.56. The van der Waals surface area contributed by atoms with Gasteiger partial charge in [0.1, 0.15) is 16.4 Å². The summed E-state index contributed by atoms with van der Waals surface area (Å²) < 4.78 is 43.6. The number of aryl methyl sites for hydroxylation is 2. The molecule has 0 aliphatic heterocycles. The number of hydrogen-bond donors (Lipinski definition) is 1. The summed E-state index contributed by atoms with van der Waals surface area (Å²) in [5.41, 5.74) is 0.286. The second-order valence-electron chi connectivity index (χ2n) is 5.34. The Balaban J connectivity index is 1.98. The molecule has 3 aromatic rings. The molecule has 0 saturated carbocycles. The van der Waals surface area contributed by atoms with Gasteiger partial charge in [0, 0.05) is 17.9 Å². The third kappa shape index (κ3) is 3.51. The lowest BCUT2D eigenvalue weighted by Crippen LogP contribution is -2.14. The van der Waals surface area contributed by atoms with Crippen LogP contribution < -0.4 is 14.2 Å². The van der Waals surface area contributed by atoms with Crippen LogP contribution in [0.15, 0.2) is 33.7 Å². The summed E-state index contributed by atoms with van der Waals surface area (Å²) >= 11 is 1.28. The van der Waals surface area contributed by atoms with Crippen molar-refractivity contribution in [3.63, 3.8) is 0 Å². The van der Waals surface area contributed by atoms with Gasteiger partial charge in [-0.2, -0.15) is 4.98 Å². The van der Waals surface area contributed by atoms with E-state index in [1.54, 1.807) is 32.0 Å². The monoisotopic (exact) mass is 395 g/mol. The van der Waals surface area contributed by atoms with Gasteiger partial charge >= 0.3 is 0 Å². The molecule has 3 rings (SSSR count). The van der Waals surface area contributed by atoms with Crippen LogP contribution in [0.3, 0.4) is 0 Å². The maximum absolute atomic E-state index is 12.9. The number of methoxy groups -OCH3 is 2. The molecule has 0 aliphatic rings. The Labute approximate surface area is 154 Å². The molecule has 2 heterocycles. The SMILES string of the molecule is COc1ccc(OC)c(NS(=O)(=O)c2cc(-c3noc(C)n3)sc2C)c1. The molecule has 0 saturated heterocycles. The average Bonchev–Trinajstić information content (AvgIpc) is 3.20. The van der Waals surface area contributed by atoms with Crippen molar-refractivity contribution >= 4 is 27.0 Å². The molecule has 1 aromatic carbocycles. The zero-order chi connectivity index (χ0) is 18.9. The van der Waals surface area contributed by atoms with Crippen LogP contribution >= 0.6 is 11.3 Å². The Hall–Kier alpha value is -2.59. The first kappa shape index (κ1) is 18.2. The van der Waals surface area contributed by atoms with Crippen LogP contribution in [-0.4, -0.2) is 32.8 Å². The van der Waals surface area contributed by atoms with Crippen LogP contribution in [-0.2, 0) is 10.0 Å². The number of nitrogens with one attached hydrogen (secondary N) is 1. The normalized spacial score (nSPS) is 11.4. The van der Waals surface area contributed by atoms with Crippen LogP contribution in [0.25, 0.3) is 10.7 Å². The van der Waals surface area contributed by atoms with Crippen molar-refractivity contribution in [3.05, 3.63) is 35.0 Å². The van der Waals surface area contributed by atoms with E-state index in [2.05, 4.69) is 14.9 Å². The first-order valence-electron chi connectivity index (χ1n) is 7.50. The fourth-order valence-corrected chi connectivity index (χ4v) is 4.91. The molecule has 138 valence electrons. The summed E-state index contributed by atoms with van der Waals surface area (Å²) in [6.45, 7) is 3.39. The van der Waals surface area contributed by atoms with Crippen LogP contribution in [0.4, 0.5) is 5.69 Å². The number of ether oxygens (including phenoxy) is 2. The van der Waals surface area contributed by atoms with Gasteiger partial charge in [-0.3, -0.25) is 4.72 Å². The predicted octanol–water partition coefficient (Wildman–Crippen LogP) is 3.23. The first-order chi connectivity index (χ1) is 12.3. The molecule has 0 radical (unpaired) electrons. The summed E-state index contributed by atoms with van der Waals surface area (Å²) in [7, 11) is -0.877. The highest BCUT2D eigenvalue weighted by molar-refractivity contribution is 7.93. The summed E-state index contributed by atoms with van der Waals surface area (Å²) in [6, 6.07) is 6.40. The maximum atomic E-state index is 12.9. The molecule has 8 nitrogen and oxygen atoms in total. The Morgan fingerprint density at radius 3 is 2.54 bits per heavy atom. The minimum absolute atomic E-state index is 0.143. The number of benzene rings is 1. The number of rotatable bonds is 6. The number of anilines is 1. The number of aromatic nitrogens is 2. The van der Waals surface area contributed by atoms with Crippen molar-refractivity contribution in [2.75, 3.05) is 18.9 Å². The zero-order valence-corrected chi connectivity index (χ0v) is 16.2. The van der Waals surface area contributed by atoms with Crippen molar-refractivity contribution in [2.45, 2.75) is 18.7 Å². The standard InChI is InChI=1S/C16H17N3O5S2/c1-9-15(8-14(25-9)16-17-10(2)24-18-16)26(20,21)19-12-7-11(22-3)5-6-13(12)23-4/h5-8,19H,1-4H3. The second kappa shape index (κ2) is 6.96. The van der Waals surface area contributed by atoms with Crippen molar-refractivity contribution in [1.82, 2.24) is 10.1 Å². The summed E-state index contributed by atoms with van der Waals surface area (Å²) in [4.78, 5) is 5.49. The molecule has 0 unspecified atom stereocenters. The van der Waals surface area contributed by atoms with Gasteiger partial charge in [-0.25, -0.2) is 8.42 Å². The lowest BCUT2D eigenvalue weighted by molar-refractivity contribution is 0.394. The molecule has 0 bridgehead atoms. The lowest BCUT2D eigenvalue weighted by Gasteiger charge is -2.13. The highest BCUT2D eigenvalue weighted by atomic mass is 32.2. The van der Waals surface area contributed by atoms with E-state index in [4.69, 9.17) is 14.0 Å². The molecule has 0 amide bonds. The van der Waals surface area contributed by atoms with E-state index in [9.17, 15) is 8.42 Å². The van der Waals surface area contributed by atoms with E-state index >= 15 is 0 Å². The summed E-state index contributed by atoms with van der Waals surface area (Å²) in [6.07, 6.45) is 0. The lowest BCUT2D eigenvalue weighted by atomic mass is 10.3. The van der Waals surface area contributed by atoms with Gasteiger partial charge in [0.05, 0.1) is 24.8 Å². The number of thiophene rings is 1. The van der Waals surface area contributed by atoms with Crippen molar-refractivity contribution in [2.24, 2.45) is 0 Å². The van der Waals surface area contributed by atoms with Gasteiger partial charge in [-0.05, 0) is 25.1 Å². The van der Waals surface area contributed by atoms with E-state index in [-0.39, 0.29) is 10.6 Å². The van der Waals surface area contributed by atoms with Crippen LogP contribution in [0.2, 0.25) is 0 Å². The minimum atomic E-state index is -3.84. The van der Waals surface area contributed by atoms with Gasteiger partial charge in [-0.15, -0.1) is 11.3 Å². The molecule has 0 atom stereocenters. The van der Waals surface area contributed by atoms with Crippen LogP contribution in [0, 0.1) is 13.8 Å². The zero-order valence-electron chi connectivity index (χ0n) is 14.6. The summed E-state index contributed by atoms with van der Waals surface area (Å²) in [5, 5.41) is 3.83. The second-order valence-corrected chi connectivity index (χ2v) is 8.25. The Morgan fingerprint density at radius 1 is 1.15 bits per heavy atom. The molecule has 26 heavy (non-hydrogen) atoms. The van der Waals surface area contributed by atoms with E-state index in [1.165, 1.54) is 31.6 Å². The first-order valence-corrected chi connectivity index (χ1v) is 9.80. The van der Waals surface area contributed by atoms with E-state index < -0.39 is 10.0 Å². The number of sulfonamides is 1. The topological polar surface area (TPSA) is 104 Å². The minimum Gasteiger partial charge on any atom is -0.497 e. The molecule has 1 N–H and O–H groups in total. The van der Waals surface area contributed by atoms with Gasteiger partial charge in [0.15, 0.2) is 0 Å². The van der Waals surface area contributed by atoms with E-state index in [0.717, 1.165) is 0 Å². The smallest absolute Gasteiger partial charge is 0.263 e.